The normalized spacial score (nSPS) is 12.7. The highest BCUT2D eigenvalue weighted by Crippen LogP contribution is 2.25. The van der Waals surface area contributed by atoms with E-state index < -0.39 is 0 Å². The van der Waals surface area contributed by atoms with Crippen molar-refractivity contribution in [3.63, 3.8) is 0 Å². The van der Waals surface area contributed by atoms with Crippen molar-refractivity contribution in [2.75, 3.05) is 0 Å². The Hall–Kier alpha value is -1.65. The molecule has 3 aromatic rings. The van der Waals surface area contributed by atoms with E-state index in [2.05, 4.69) is 58.3 Å². The maximum Gasteiger partial charge on any atom is 0.0741 e. The minimum absolute atomic E-state index is 0.173. The van der Waals surface area contributed by atoms with Crippen molar-refractivity contribution in [2.45, 2.75) is 25.8 Å². The zero-order valence-corrected chi connectivity index (χ0v) is 13.5. The van der Waals surface area contributed by atoms with Crippen LogP contribution in [0.15, 0.2) is 53.1 Å². The first-order valence-electron chi connectivity index (χ1n) is 7.16. The van der Waals surface area contributed by atoms with E-state index in [0.29, 0.717) is 0 Å². The zero-order valence-electron chi connectivity index (χ0n) is 12.0. The molecule has 0 bridgehead atoms. The van der Waals surface area contributed by atoms with Crippen LogP contribution in [-0.4, -0.2) is 15.8 Å². The third kappa shape index (κ3) is 2.87. The van der Waals surface area contributed by atoms with Gasteiger partial charge in [-0.25, -0.2) is 4.68 Å². The van der Waals surface area contributed by atoms with Gasteiger partial charge in [0.1, 0.15) is 0 Å². The summed E-state index contributed by atoms with van der Waals surface area (Å²) in [5.41, 5.74) is 9.57. The van der Waals surface area contributed by atoms with Gasteiger partial charge in [-0.15, -0.1) is 0 Å². The molecule has 2 N–H and O–H groups in total. The highest BCUT2D eigenvalue weighted by atomic mass is 79.9. The number of hydrogen-bond acceptors (Lipinski definition) is 2. The maximum absolute atomic E-state index is 6.14. The maximum atomic E-state index is 6.14. The molecule has 3 nitrogen and oxygen atoms in total. The van der Waals surface area contributed by atoms with E-state index in [1.54, 1.807) is 0 Å². The fourth-order valence-electron chi connectivity index (χ4n) is 2.50. The minimum Gasteiger partial charge on any atom is -0.327 e. The van der Waals surface area contributed by atoms with E-state index in [0.717, 1.165) is 33.9 Å². The first-order valence-corrected chi connectivity index (χ1v) is 7.95. The molecule has 0 radical (unpaired) electrons. The third-order valence-corrected chi connectivity index (χ3v) is 4.25. The lowest BCUT2D eigenvalue weighted by atomic mass is 10.0. The highest BCUT2D eigenvalue weighted by molar-refractivity contribution is 9.10. The van der Waals surface area contributed by atoms with Crippen LogP contribution in [-0.2, 0) is 6.42 Å². The van der Waals surface area contributed by atoms with Crippen LogP contribution >= 0.6 is 15.9 Å². The predicted molar refractivity (Wildman–Crippen MR) is 90.7 cm³/mol. The van der Waals surface area contributed by atoms with Gasteiger partial charge in [0.25, 0.3) is 0 Å². The van der Waals surface area contributed by atoms with Gasteiger partial charge >= 0.3 is 0 Å². The Morgan fingerprint density at radius 2 is 2.05 bits per heavy atom. The van der Waals surface area contributed by atoms with Crippen LogP contribution in [0.1, 0.15) is 18.9 Å². The van der Waals surface area contributed by atoms with Crippen molar-refractivity contribution in [1.82, 2.24) is 9.78 Å². The number of benzene rings is 2. The van der Waals surface area contributed by atoms with Crippen molar-refractivity contribution in [2.24, 2.45) is 5.73 Å². The predicted octanol–water partition coefficient (Wildman–Crippen LogP) is 4.07. The van der Waals surface area contributed by atoms with Gasteiger partial charge < -0.3 is 5.73 Å². The number of nitrogens with zero attached hydrogens (tertiary/aromatic N) is 2. The topological polar surface area (TPSA) is 43.8 Å². The van der Waals surface area contributed by atoms with Crippen molar-refractivity contribution < 1.29 is 0 Å². The van der Waals surface area contributed by atoms with E-state index in [9.17, 15) is 0 Å². The molecule has 0 aliphatic carbocycles. The number of halogens is 1. The number of hydrogen-bond donors (Lipinski definition) is 1. The largest absolute Gasteiger partial charge is 0.327 e. The van der Waals surface area contributed by atoms with Crippen molar-refractivity contribution in [3.8, 4) is 5.69 Å². The molecular formula is C17H18BrN3. The second-order valence-corrected chi connectivity index (χ2v) is 6.18. The van der Waals surface area contributed by atoms with Crippen LogP contribution in [0.2, 0.25) is 0 Å². The summed E-state index contributed by atoms with van der Waals surface area (Å²) in [4.78, 5) is 0. The smallest absolute Gasteiger partial charge is 0.0741 e. The van der Waals surface area contributed by atoms with Crippen LogP contribution < -0.4 is 5.73 Å². The average Bonchev–Trinajstić information content (AvgIpc) is 2.92. The first kappa shape index (κ1) is 14.3. The van der Waals surface area contributed by atoms with E-state index in [4.69, 9.17) is 5.73 Å². The molecule has 4 heteroatoms. The van der Waals surface area contributed by atoms with Crippen LogP contribution in [0.5, 0.6) is 0 Å². The molecule has 0 aliphatic heterocycles. The quantitative estimate of drug-likeness (QED) is 0.775. The number of para-hydroxylation sites is 1. The summed E-state index contributed by atoms with van der Waals surface area (Å²) in [6.45, 7) is 2.12. The lowest BCUT2D eigenvalue weighted by Crippen LogP contribution is -2.22. The summed E-state index contributed by atoms with van der Waals surface area (Å²) in [6, 6.07) is 14.7. The molecule has 0 aliphatic rings. The van der Waals surface area contributed by atoms with E-state index >= 15 is 0 Å². The molecule has 21 heavy (non-hydrogen) atoms. The van der Waals surface area contributed by atoms with Gasteiger partial charge in [-0.3, -0.25) is 0 Å². The fraction of sp³-hybridized carbons (Fsp3) is 0.235. The Balaban J connectivity index is 2.14. The van der Waals surface area contributed by atoms with E-state index in [-0.39, 0.29) is 6.04 Å². The average molecular weight is 344 g/mol. The molecule has 0 fully saturated rings. The summed E-state index contributed by atoms with van der Waals surface area (Å²) in [7, 11) is 0. The van der Waals surface area contributed by atoms with Crippen molar-refractivity contribution >= 4 is 26.8 Å². The first-order chi connectivity index (χ1) is 10.2. The van der Waals surface area contributed by atoms with Gasteiger partial charge in [-0.2, -0.15) is 5.10 Å². The van der Waals surface area contributed by atoms with Gasteiger partial charge in [0.2, 0.25) is 0 Å². The van der Waals surface area contributed by atoms with Crippen molar-refractivity contribution in [1.29, 1.82) is 0 Å². The third-order valence-electron chi connectivity index (χ3n) is 3.76. The van der Waals surface area contributed by atoms with Crippen LogP contribution in [0.4, 0.5) is 0 Å². The molecule has 0 saturated carbocycles. The van der Waals surface area contributed by atoms with Gasteiger partial charge in [0.05, 0.1) is 17.4 Å². The number of nitrogens with two attached hydrogens (primary N) is 1. The van der Waals surface area contributed by atoms with Crippen LogP contribution in [0.3, 0.4) is 0 Å². The van der Waals surface area contributed by atoms with Gasteiger partial charge in [-0.1, -0.05) is 47.1 Å². The SMILES string of the molecule is CCC(N)Cc1ccc(Br)cc1-n1ncc2ccccc21. The molecule has 3 rings (SSSR count). The molecule has 108 valence electrons. The summed E-state index contributed by atoms with van der Waals surface area (Å²) in [5.74, 6) is 0. The molecule has 1 unspecified atom stereocenters. The molecule has 1 aromatic heterocycles. The van der Waals surface area contributed by atoms with Gasteiger partial charge in [0.15, 0.2) is 0 Å². The number of fused-ring (bicyclic) bond motifs is 1. The molecule has 0 spiro atoms. The summed E-state index contributed by atoms with van der Waals surface area (Å²) >= 11 is 3.56. The molecule has 1 atom stereocenters. The Morgan fingerprint density at radius 1 is 1.24 bits per heavy atom. The Morgan fingerprint density at radius 3 is 2.86 bits per heavy atom. The molecule has 1 heterocycles. The Labute approximate surface area is 132 Å². The summed E-state index contributed by atoms with van der Waals surface area (Å²) in [5, 5.41) is 5.70. The fourth-order valence-corrected chi connectivity index (χ4v) is 2.85. The lowest BCUT2D eigenvalue weighted by molar-refractivity contribution is 0.643. The Kier molecular flexibility index (Phi) is 4.08. The standard InChI is InChI=1S/C17H18BrN3/c1-2-15(19)9-12-7-8-14(18)10-17(12)21-16-6-4-3-5-13(16)11-20-21/h3-8,10-11,15H,2,9,19H2,1H3. The Bertz CT molecular complexity index is 764. The zero-order chi connectivity index (χ0) is 14.8. The van der Waals surface area contributed by atoms with Gasteiger partial charge in [-0.05, 0) is 36.6 Å². The summed E-state index contributed by atoms with van der Waals surface area (Å²) < 4.78 is 3.04. The molecule has 0 saturated heterocycles. The highest BCUT2D eigenvalue weighted by Gasteiger charge is 2.12. The number of rotatable bonds is 4. The second kappa shape index (κ2) is 6.00. The van der Waals surface area contributed by atoms with Crippen LogP contribution in [0, 0.1) is 0 Å². The molecule has 2 aromatic carbocycles. The van der Waals surface area contributed by atoms with Crippen molar-refractivity contribution in [3.05, 3.63) is 58.7 Å². The molecule has 0 amide bonds. The van der Waals surface area contributed by atoms with E-state index in [1.165, 1.54) is 5.56 Å². The molecular weight excluding hydrogens is 326 g/mol. The monoisotopic (exact) mass is 343 g/mol. The van der Waals surface area contributed by atoms with Crippen LogP contribution in [0.25, 0.3) is 16.6 Å². The summed E-state index contributed by atoms with van der Waals surface area (Å²) in [6.07, 6.45) is 3.72. The van der Waals surface area contributed by atoms with E-state index in [1.807, 2.05) is 23.0 Å². The second-order valence-electron chi connectivity index (χ2n) is 5.26. The lowest BCUT2D eigenvalue weighted by Gasteiger charge is -2.14. The minimum atomic E-state index is 0.173. The number of aromatic nitrogens is 2. The van der Waals surface area contributed by atoms with Gasteiger partial charge in [0, 0.05) is 15.9 Å².